The van der Waals surface area contributed by atoms with Gasteiger partial charge in [0, 0.05) is 12.5 Å². The number of hydrogen-bond acceptors (Lipinski definition) is 3. The molecule has 0 aliphatic heterocycles. The van der Waals surface area contributed by atoms with Crippen LogP contribution in [-0.2, 0) is 7.05 Å². The molecule has 3 rings (SSSR count). The first-order valence-electron chi connectivity index (χ1n) is 6.91. The van der Waals surface area contributed by atoms with Crippen molar-refractivity contribution in [2.24, 2.45) is 7.05 Å². The van der Waals surface area contributed by atoms with Crippen molar-refractivity contribution in [2.75, 3.05) is 0 Å². The smallest absolute Gasteiger partial charge is 0.350 e. The van der Waals surface area contributed by atoms with Crippen molar-refractivity contribution >= 4 is 5.82 Å². The molecule has 0 spiro atoms. The van der Waals surface area contributed by atoms with Gasteiger partial charge in [-0.2, -0.15) is 0 Å². The van der Waals surface area contributed by atoms with Crippen molar-refractivity contribution in [3.8, 4) is 22.4 Å². The van der Waals surface area contributed by atoms with E-state index < -0.39 is 0 Å². The molecule has 0 N–H and O–H groups in total. The van der Waals surface area contributed by atoms with Crippen molar-refractivity contribution in [1.29, 1.82) is 0 Å². The maximum atomic E-state index is 11.3. The van der Waals surface area contributed by atoms with Crippen molar-refractivity contribution in [3.63, 3.8) is 0 Å². The summed E-state index contributed by atoms with van der Waals surface area (Å²) in [5, 5.41) is 11.3. The maximum Gasteiger partial charge on any atom is 0.350 e. The molecule has 0 saturated carbocycles. The van der Waals surface area contributed by atoms with Crippen LogP contribution in [0.2, 0.25) is 0 Å². The normalized spacial score (nSPS) is 10.6. The van der Waals surface area contributed by atoms with E-state index in [1.54, 1.807) is 14.0 Å². The van der Waals surface area contributed by atoms with Gasteiger partial charge in [-0.3, -0.25) is 0 Å². The minimum atomic E-state index is -0.388. The lowest BCUT2D eigenvalue weighted by Crippen LogP contribution is -1.99. The average Bonchev–Trinajstić information content (AvgIpc) is 2.84. The molecule has 110 valence electrons. The number of nitrogens with zero attached hydrogens (tertiary/aromatic N) is 3. The quantitative estimate of drug-likeness (QED) is 0.542. The van der Waals surface area contributed by atoms with Crippen LogP contribution < -0.4 is 0 Å². The second-order valence-electron chi connectivity index (χ2n) is 5.09. The molecule has 0 amide bonds. The molecular weight excluding hydrogens is 278 g/mol. The van der Waals surface area contributed by atoms with Crippen LogP contribution >= 0.6 is 0 Å². The van der Waals surface area contributed by atoms with Crippen LogP contribution in [0, 0.1) is 17.0 Å². The summed E-state index contributed by atoms with van der Waals surface area (Å²) in [5.74, 6) is 0.638. The van der Waals surface area contributed by atoms with Crippen molar-refractivity contribution < 1.29 is 4.92 Å². The van der Waals surface area contributed by atoms with Crippen LogP contribution in [0.5, 0.6) is 0 Å². The van der Waals surface area contributed by atoms with Crippen molar-refractivity contribution in [3.05, 3.63) is 70.5 Å². The van der Waals surface area contributed by atoms with Gasteiger partial charge in [-0.25, -0.2) is 9.55 Å². The van der Waals surface area contributed by atoms with Crippen LogP contribution in [0.3, 0.4) is 0 Å². The largest absolute Gasteiger partial charge is 0.358 e. The lowest BCUT2D eigenvalue weighted by atomic mass is 10.0. The Bertz CT molecular complexity index is 821. The number of nitro groups is 1. The van der Waals surface area contributed by atoms with E-state index in [4.69, 9.17) is 0 Å². The number of imidazole rings is 1. The monoisotopic (exact) mass is 293 g/mol. The zero-order valence-corrected chi connectivity index (χ0v) is 12.4. The van der Waals surface area contributed by atoms with Crippen LogP contribution in [0.25, 0.3) is 22.4 Å². The third-order valence-corrected chi connectivity index (χ3v) is 3.73. The minimum Gasteiger partial charge on any atom is -0.358 e. The summed E-state index contributed by atoms with van der Waals surface area (Å²) < 4.78 is 1.50. The summed E-state index contributed by atoms with van der Waals surface area (Å²) in [7, 11) is 1.66. The molecule has 0 atom stereocenters. The van der Waals surface area contributed by atoms with E-state index in [0.29, 0.717) is 11.5 Å². The second-order valence-corrected chi connectivity index (χ2v) is 5.09. The van der Waals surface area contributed by atoms with Gasteiger partial charge < -0.3 is 10.1 Å². The molecule has 5 heteroatoms. The first-order valence-corrected chi connectivity index (χ1v) is 6.91. The Morgan fingerprint density at radius 3 is 2.09 bits per heavy atom. The fourth-order valence-electron chi connectivity index (χ4n) is 2.45. The van der Waals surface area contributed by atoms with E-state index in [1.807, 2.05) is 54.6 Å². The molecule has 2 aromatic carbocycles. The Balaban J connectivity index is 2.04. The molecule has 0 radical (unpaired) electrons. The van der Waals surface area contributed by atoms with E-state index in [0.717, 1.165) is 16.7 Å². The molecule has 0 bridgehead atoms. The van der Waals surface area contributed by atoms with Gasteiger partial charge in [-0.1, -0.05) is 54.6 Å². The van der Waals surface area contributed by atoms with Crippen LogP contribution in [0.4, 0.5) is 5.82 Å². The number of hydrogen-bond donors (Lipinski definition) is 0. The first kappa shape index (κ1) is 14.0. The molecule has 0 aliphatic rings. The lowest BCUT2D eigenvalue weighted by Gasteiger charge is -2.03. The second kappa shape index (κ2) is 5.44. The van der Waals surface area contributed by atoms with E-state index >= 15 is 0 Å². The molecule has 0 aliphatic carbocycles. The minimum absolute atomic E-state index is 0.0185. The molecular formula is C17H15N3O2. The van der Waals surface area contributed by atoms with Crippen LogP contribution in [0.1, 0.15) is 5.82 Å². The first-order chi connectivity index (χ1) is 10.6. The summed E-state index contributed by atoms with van der Waals surface area (Å²) in [6.07, 6.45) is 0. The van der Waals surface area contributed by atoms with Crippen molar-refractivity contribution in [2.45, 2.75) is 6.92 Å². The molecule has 22 heavy (non-hydrogen) atoms. The predicted octanol–water partition coefficient (Wildman–Crippen LogP) is 3.97. The highest BCUT2D eigenvalue weighted by Crippen LogP contribution is 2.31. The summed E-state index contributed by atoms with van der Waals surface area (Å²) >= 11 is 0. The summed E-state index contributed by atoms with van der Waals surface area (Å²) in [5.41, 5.74) is 3.33. The lowest BCUT2D eigenvalue weighted by molar-refractivity contribution is -0.391. The zero-order chi connectivity index (χ0) is 15.7. The van der Waals surface area contributed by atoms with Gasteiger partial charge in [-0.15, -0.1) is 0 Å². The molecule has 1 aromatic heterocycles. The highest BCUT2D eigenvalue weighted by Gasteiger charge is 2.23. The third kappa shape index (κ3) is 2.37. The Labute approximate surface area is 128 Å². The molecule has 1 heterocycles. The van der Waals surface area contributed by atoms with Crippen molar-refractivity contribution in [1.82, 2.24) is 9.55 Å². The number of rotatable bonds is 3. The molecule has 0 unspecified atom stereocenters. The molecule has 3 aromatic rings. The van der Waals surface area contributed by atoms with Crippen LogP contribution in [-0.4, -0.2) is 14.5 Å². The van der Waals surface area contributed by atoms with Gasteiger partial charge in [0.25, 0.3) is 0 Å². The SMILES string of the molecule is Cc1nc(-c2ccc(-c3ccccc3)cc2)c([N+](=O)[O-])n1C. The summed E-state index contributed by atoms with van der Waals surface area (Å²) in [6, 6.07) is 17.7. The predicted molar refractivity (Wildman–Crippen MR) is 85.5 cm³/mol. The Kier molecular flexibility index (Phi) is 3.47. The Morgan fingerprint density at radius 2 is 1.50 bits per heavy atom. The Hall–Kier alpha value is -2.95. The van der Waals surface area contributed by atoms with E-state index in [2.05, 4.69) is 4.98 Å². The zero-order valence-electron chi connectivity index (χ0n) is 12.4. The summed E-state index contributed by atoms with van der Waals surface area (Å²) in [4.78, 5) is 15.2. The maximum absolute atomic E-state index is 11.3. The van der Waals surface area contributed by atoms with Gasteiger partial charge in [0.15, 0.2) is 11.5 Å². The van der Waals surface area contributed by atoms with E-state index in [9.17, 15) is 10.1 Å². The molecule has 0 fully saturated rings. The number of aromatic nitrogens is 2. The topological polar surface area (TPSA) is 61.0 Å². The third-order valence-electron chi connectivity index (χ3n) is 3.73. The van der Waals surface area contributed by atoms with Gasteiger partial charge in [0.1, 0.15) is 0 Å². The highest BCUT2D eigenvalue weighted by atomic mass is 16.6. The van der Waals surface area contributed by atoms with Gasteiger partial charge in [0.2, 0.25) is 0 Å². The average molecular weight is 293 g/mol. The van der Waals surface area contributed by atoms with E-state index in [-0.39, 0.29) is 10.7 Å². The number of benzene rings is 2. The van der Waals surface area contributed by atoms with Crippen LogP contribution in [0.15, 0.2) is 54.6 Å². The summed E-state index contributed by atoms with van der Waals surface area (Å²) in [6.45, 7) is 1.76. The standard InChI is InChI=1S/C17H15N3O2/c1-12-18-16(17(19(12)2)20(21)22)15-10-8-14(9-11-15)13-6-4-3-5-7-13/h3-11H,1-2H3. The fourth-order valence-corrected chi connectivity index (χ4v) is 2.45. The number of aryl methyl sites for hydroxylation is 1. The Morgan fingerprint density at radius 1 is 0.955 bits per heavy atom. The molecule has 0 saturated heterocycles. The molecule has 5 nitrogen and oxygen atoms in total. The highest BCUT2D eigenvalue weighted by molar-refractivity contribution is 5.72. The van der Waals surface area contributed by atoms with Gasteiger partial charge >= 0.3 is 5.82 Å². The van der Waals surface area contributed by atoms with Gasteiger partial charge in [0.05, 0.1) is 7.05 Å². The van der Waals surface area contributed by atoms with Gasteiger partial charge in [-0.05, 0) is 16.1 Å². The van der Waals surface area contributed by atoms with E-state index in [1.165, 1.54) is 4.57 Å². The fraction of sp³-hybridized carbons (Fsp3) is 0.118.